The second-order valence-corrected chi connectivity index (χ2v) is 5.11. The normalized spacial score (nSPS) is 27.2. The van der Waals surface area contributed by atoms with Crippen molar-refractivity contribution in [2.24, 2.45) is 0 Å². The Hall–Kier alpha value is -2.12. The van der Waals surface area contributed by atoms with Crippen molar-refractivity contribution < 1.29 is 28.5 Å². The maximum atomic E-state index is 12.3. The third-order valence-corrected chi connectivity index (χ3v) is 3.69. The third-order valence-electron chi connectivity index (χ3n) is 3.69. The van der Waals surface area contributed by atoms with Crippen molar-refractivity contribution in [2.45, 2.75) is 25.0 Å². The smallest absolute Gasteiger partial charge is 0.411 e. The van der Waals surface area contributed by atoms with E-state index in [0.717, 1.165) is 5.56 Å². The summed E-state index contributed by atoms with van der Waals surface area (Å²) < 4.78 is 20.9. The van der Waals surface area contributed by atoms with Gasteiger partial charge in [-0.25, -0.2) is 9.59 Å². The zero-order valence-corrected chi connectivity index (χ0v) is 12.1. The van der Waals surface area contributed by atoms with Gasteiger partial charge >= 0.3 is 12.1 Å². The van der Waals surface area contributed by atoms with Crippen LogP contribution in [0, 0.1) is 0 Å². The Balaban J connectivity index is 1.67. The average Bonchev–Trinajstić information content (AvgIpc) is 2.94. The predicted octanol–water partition coefficient (Wildman–Crippen LogP) is 0.922. The largest absolute Gasteiger partial charge is 0.461 e. The van der Waals surface area contributed by atoms with E-state index < -0.39 is 30.5 Å². The first-order chi connectivity index (χ1) is 10.7. The number of rotatable bonds is 3. The molecule has 7 heteroatoms. The lowest BCUT2D eigenvalue weighted by Crippen LogP contribution is -2.58. The summed E-state index contributed by atoms with van der Waals surface area (Å²) in [5.74, 6) is -0.476. The van der Waals surface area contributed by atoms with Crippen molar-refractivity contribution in [3.63, 3.8) is 0 Å². The van der Waals surface area contributed by atoms with Crippen LogP contribution in [0.5, 0.6) is 0 Å². The highest BCUT2D eigenvalue weighted by Crippen LogP contribution is 2.26. The number of benzene rings is 1. The summed E-state index contributed by atoms with van der Waals surface area (Å²) in [6, 6.07) is 8.56. The molecular weight excluding hydrogens is 290 g/mol. The number of esters is 1. The van der Waals surface area contributed by atoms with Crippen LogP contribution in [-0.4, -0.2) is 55.7 Å². The van der Waals surface area contributed by atoms with E-state index in [1.807, 2.05) is 30.3 Å². The molecule has 0 aromatic heterocycles. The van der Waals surface area contributed by atoms with Crippen LogP contribution in [0.15, 0.2) is 30.3 Å². The van der Waals surface area contributed by atoms with Crippen LogP contribution in [0.2, 0.25) is 0 Å². The monoisotopic (exact) mass is 307 g/mol. The van der Waals surface area contributed by atoms with Crippen LogP contribution in [0.3, 0.4) is 0 Å². The summed E-state index contributed by atoms with van der Waals surface area (Å²) in [6.07, 6.45) is -1.70. The molecule has 118 valence electrons. The van der Waals surface area contributed by atoms with Gasteiger partial charge in [0.05, 0.1) is 6.54 Å². The fraction of sp³-hybridized carbons (Fsp3) is 0.467. The van der Waals surface area contributed by atoms with E-state index in [1.165, 1.54) is 12.0 Å². The number of ether oxygens (including phenoxy) is 4. The van der Waals surface area contributed by atoms with E-state index in [-0.39, 0.29) is 19.8 Å². The quantitative estimate of drug-likeness (QED) is 0.773. The molecule has 0 radical (unpaired) electrons. The molecular formula is C15H17NO6. The van der Waals surface area contributed by atoms with Gasteiger partial charge in [-0.1, -0.05) is 30.3 Å². The van der Waals surface area contributed by atoms with Crippen LogP contribution < -0.4 is 0 Å². The minimum absolute atomic E-state index is 0.117. The molecule has 0 spiro atoms. The van der Waals surface area contributed by atoms with E-state index in [4.69, 9.17) is 18.9 Å². The topological polar surface area (TPSA) is 74.3 Å². The Morgan fingerprint density at radius 1 is 1.36 bits per heavy atom. The molecule has 2 fully saturated rings. The Morgan fingerprint density at radius 2 is 2.14 bits per heavy atom. The molecule has 2 aliphatic rings. The number of hydrogen-bond donors (Lipinski definition) is 0. The number of amides is 1. The average molecular weight is 307 g/mol. The van der Waals surface area contributed by atoms with Gasteiger partial charge in [-0.3, -0.25) is 4.90 Å². The van der Waals surface area contributed by atoms with E-state index in [2.05, 4.69) is 0 Å². The molecule has 0 N–H and O–H groups in total. The molecule has 0 bridgehead atoms. The van der Waals surface area contributed by atoms with Crippen molar-refractivity contribution in [3.8, 4) is 0 Å². The molecule has 2 heterocycles. The van der Waals surface area contributed by atoms with Crippen molar-refractivity contribution in [2.75, 3.05) is 20.3 Å². The van der Waals surface area contributed by atoms with Gasteiger partial charge in [0.1, 0.15) is 19.3 Å². The van der Waals surface area contributed by atoms with Crippen molar-refractivity contribution in [1.29, 1.82) is 0 Å². The minimum Gasteiger partial charge on any atom is -0.461 e. The van der Waals surface area contributed by atoms with E-state index in [9.17, 15) is 9.59 Å². The van der Waals surface area contributed by atoms with Crippen LogP contribution >= 0.6 is 0 Å². The van der Waals surface area contributed by atoms with Gasteiger partial charge in [-0.2, -0.15) is 0 Å². The summed E-state index contributed by atoms with van der Waals surface area (Å²) in [5, 5.41) is 0. The van der Waals surface area contributed by atoms with E-state index >= 15 is 0 Å². The number of cyclic esters (lactones) is 1. The van der Waals surface area contributed by atoms with Gasteiger partial charge in [0.15, 0.2) is 12.3 Å². The fourth-order valence-electron chi connectivity index (χ4n) is 2.57. The maximum Gasteiger partial charge on any atom is 0.411 e. The Labute approximate surface area is 127 Å². The number of fused-ring (bicyclic) bond motifs is 1. The van der Waals surface area contributed by atoms with Crippen molar-refractivity contribution >= 4 is 12.1 Å². The summed E-state index contributed by atoms with van der Waals surface area (Å²) in [6.45, 7) is 0.382. The zero-order chi connectivity index (χ0) is 15.5. The van der Waals surface area contributed by atoms with Gasteiger partial charge < -0.3 is 18.9 Å². The summed E-state index contributed by atoms with van der Waals surface area (Å²) in [4.78, 5) is 25.4. The SMILES string of the molecule is CO[C@H]1CN(C(=O)OCc2ccccc2)[C@H]2C(=O)OC[C@H]2O1. The number of hydrogen-bond acceptors (Lipinski definition) is 6. The van der Waals surface area contributed by atoms with Crippen LogP contribution in [0.4, 0.5) is 4.79 Å². The lowest BCUT2D eigenvalue weighted by Gasteiger charge is -2.37. The molecule has 3 atom stereocenters. The Kier molecular flexibility index (Phi) is 4.26. The van der Waals surface area contributed by atoms with Crippen LogP contribution in [-0.2, 0) is 30.3 Å². The van der Waals surface area contributed by atoms with Crippen LogP contribution in [0.25, 0.3) is 0 Å². The molecule has 1 amide bonds. The standard InChI is InChI=1S/C15H17NO6/c1-19-12-7-16(13-11(22-12)9-20-14(13)17)15(18)21-8-10-5-3-2-4-6-10/h2-6,11-13H,7-9H2,1H3/t11-,12-,13-/m1/s1. The van der Waals surface area contributed by atoms with Gasteiger partial charge in [0.25, 0.3) is 0 Å². The molecule has 22 heavy (non-hydrogen) atoms. The Morgan fingerprint density at radius 3 is 2.86 bits per heavy atom. The second kappa shape index (κ2) is 6.33. The molecule has 0 aliphatic carbocycles. The molecule has 1 aromatic carbocycles. The first kappa shape index (κ1) is 14.8. The maximum absolute atomic E-state index is 12.3. The van der Waals surface area contributed by atoms with E-state index in [1.54, 1.807) is 0 Å². The second-order valence-electron chi connectivity index (χ2n) is 5.11. The summed E-state index contributed by atoms with van der Waals surface area (Å²) in [5.41, 5.74) is 0.873. The van der Waals surface area contributed by atoms with Crippen molar-refractivity contribution in [1.82, 2.24) is 4.90 Å². The lowest BCUT2D eigenvalue weighted by molar-refractivity contribution is -0.201. The highest BCUT2D eigenvalue weighted by atomic mass is 16.7. The number of nitrogens with zero attached hydrogens (tertiary/aromatic N) is 1. The zero-order valence-electron chi connectivity index (χ0n) is 12.1. The molecule has 1 aromatic rings. The minimum atomic E-state index is -0.769. The van der Waals surface area contributed by atoms with Crippen molar-refractivity contribution in [3.05, 3.63) is 35.9 Å². The highest BCUT2D eigenvalue weighted by molar-refractivity contribution is 5.84. The first-order valence-electron chi connectivity index (χ1n) is 7.01. The fourth-order valence-corrected chi connectivity index (χ4v) is 2.57. The number of morpholine rings is 1. The third kappa shape index (κ3) is 2.90. The Bertz CT molecular complexity index is 548. The lowest BCUT2D eigenvalue weighted by atomic mass is 10.1. The van der Waals surface area contributed by atoms with Gasteiger partial charge in [-0.05, 0) is 5.56 Å². The highest BCUT2D eigenvalue weighted by Gasteiger charge is 2.49. The van der Waals surface area contributed by atoms with Gasteiger partial charge in [-0.15, -0.1) is 0 Å². The van der Waals surface area contributed by atoms with Gasteiger partial charge in [0, 0.05) is 7.11 Å². The van der Waals surface area contributed by atoms with E-state index in [0.29, 0.717) is 0 Å². The summed E-state index contributed by atoms with van der Waals surface area (Å²) >= 11 is 0. The van der Waals surface area contributed by atoms with Crippen LogP contribution in [0.1, 0.15) is 5.56 Å². The molecule has 2 saturated heterocycles. The first-order valence-corrected chi connectivity index (χ1v) is 7.01. The predicted molar refractivity (Wildman–Crippen MR) is 73.8 cm³/mol. The molecule has 0 saturated carbocycles. The molecule has 2 aliphatic heterocycles. The number of methoxy groups -OCH3 is 1. The van der Waals surface area contributed by atoms with Gasteiger partial charge in [0.2, 0.25) is 0 Å². The molecule has 0 unspecified atom stereocenters. The molecule has 7 nitrogen and oxygen atoms in total. The molecule has 3 rings (SSSR count). The number of carbonyl (C=O) groups is 2. The number of carbonyl (C=O) groups excluding carboxylic acids is 2. The summed E-state index contributed by atoms with van der Waals surface area (Å²) in [7, 11) is 1.48.